The van der Waals surface area contributed by atoms with Gasteiger partial charge in [0.2, 0.25) is 0 Å². The summed E-state index contributed by atoms with van der Waals surface area (Å²) in [6.07, 6.45) is 8.47. The molecule has 1 N–H and O–H groups in total. The highest BCUT2D eigenvalue weighted by molar-refractivity contribution is 5.82. The Bertz CT molecular complexity index is 535. The fourth-order valence-electron chi connectivity index (χ4n) is 1.91. The first-order chi connectivity index (χ1) is 8.36. The lowest BCUT2D eigenvalue weighted by Crippen LogP contribution is -2.21. The summed E-state index contributed by atoms with van der Waals surface area (Å²) in [7, 11) is 0. The number of benzene rings is 1. The Morgan fingerprint density at radius 3 is 2.94 bits per heavy atom. The van der Waals surface area contributed by atoms with Gasteiger partial charge >= 0.3 is 0 Å². The number of terminal acetylenes is 1. The molecule has 2 rings (SSSR count). The topological polar surface area (TPSA) is 24.9 Å². The minimum Gasteiger partial charge on any atom is -0.300 e. The molecule has 0 aliphatic carbocycles. The normalized spacial score (nSPS) is 12.2. The second-order valence-electron chi connectivity index (χ2n) is 3.98. The Kier molecular flexibility index (Phi) is 3.74. The molecule has 0 bridgehead atoms. The molecule has 0 aliphatic rings. The Morgan fingerprint density at radius 1 is 1.35 bits per heavy atom. The van der Waals surface area contributed by atoms with Crippen molar-refractivity contribution in [1.29, 1.82) is 0 Å². The van der Waals surface area contributed by atoms with Crippen LogP contribution >= 0.6 is 0 Å². The van der Waals surface area contributed by atoms with Crippen LogP contribution in [0.3, 0.4) is 0 Å². The molecule has 0 saturated heterocycles. The van der Waals surface area contributed by atoms with Gasteiger partial charge in [0, 0.05) is 17.1 Å². The van der Waals surface area contributed by atoms with E-state index in [-0.39, 0.29) is 6.04 Å². The number of nitrogens with zero attached hydrogens (tertiary/aromatic N) is 1. The van der Waals surface area contributed by atoms with Crippen LogP contribution in [0.25, 0.3) is 10.9 Å². The Labute approximate surface area is 102 Å². The van der Waals surface area contributed by atoms with Crippen LogP contribution in [0.2, 0.25) is 0 Å². The molecule has 0 fully saturated rings. The van der Waals surface area contributed by atoms with Crippen molar-refractivity contribution in [2.75, 3.05) is 6.54 Å². The van der Waals surface area contributed by atoms with Crippen LogP contribution in [0.15, 0.2) is 36.5 Å². The maximum Gasteiger partial charge on any atom is 0.0964 e. The molecule has 0 radical (unpaired) electrons. The quantitative estimate of drug-likeness (QED) is 0.808. The summed E-state index contributed by atoms with van der Waals surface area (Å²) in [5, 5.41) is 4.48. The van der Waals surface area contributed by atoms with Gasteiger partial charge in [0.25, 0.3) is 0 Å². The van der Waals surface area contributed by atoms with Crippen LogP contribution in [0.1, 0.15) is 24.9 Å². The molecule has 86 valence electrons. The van der Waals surface area contributed by atoms with Gasteiger partial charge in [-0.3, -0.25) is 10.3 Å². The molecular weight excluding hydrogens is 208 g/mol. The number of rotatable bonds is 4. The van der Waals surface area contributed by atoms with Crippen molar-refractivity contribution < 1.29 is 0 Å². The number of pyridine rings is 1. The molecule has 0 aliphatic heterocycles. The van der Waals surface area contributed by atoms with Gasteiger partial charge in [-0.1, -0.05) is 37.1 Å². The van der Waals surface area contributed by atoms with Gasteiger partial charge in [-0.2, -0.15) is 0 Å². The maximum absolute atomic E-state index is 5.60. The molecule has 1 aromatic carbocycles. The number of hydrogen-bond donors (Lipinski definition) is 1. The number of fused-ring (bicyclic) bond motifs is 1. The standard InChI is InChI=1S/C15H16N2/c1-3-10-16-14(4-2)13-9-5-7-12-8-6-11-17-15(12)13/h2,5-9,11,14,16H,3,10H2,1H3. The van der Waals surface area contributed by atoms with Crippen LogP contribution in [0, 0.1) is 12.3 Å². The van der Waals surface area contributed by atoms with Crippen molar-refractivity contribution in [3.63, 3.8) is 0 Å². The number of aromatic nitrogens is 1. The molecule has 2 nitrogen and oxygen atoms in total. The van der Waals surface area contributed by atoms with Crippen molar-refractivity contribution in [1.82, 2.24) is 10.3 Å². The average Bonchev–Trinajstić information content (AvgIpc) is 2.40. The monoisotopic (exact) mass is 224 g/mol. The Hall–Kier alpha value is -1.85. The third kappa shape index (κ3) is 2.46. The lowest BCUT2D eigenvalue weighted by Gasteiger charge is -2.14. The molecule has 2 heteroatoms. The number of para-hydroxylation sites is 1. The van der Waals surface area contributed by atoms with Crippen molar-refractivity contribution in [3.05, 3.63) is 42.1 Å². The van der Waals surface area contributed by atoms with E-state index in [4.69, 9.17) is 6.42 Å². The fourth-order valence-corrected chi connectivity index (χ4v) is 1.91. The first-order valence-electron chi connectivity index (χ1n) is 5.90. The van der Waals surface area contributed by atoms with Crippen molar-refractivity contribution in [2.45, 2.75) is 19.4 Å². The predicted octanol–water partition coefficient (Wildman–Crippen LogP) is 2.91. The largest absolute Gasteiger partial charge is 0.300 e. The predicted molar refractivity (Wildman–Crippen MR) is 71.6 cm³/mol. The second kappa shape index (κ2) is 5.47. The van der Waals surface area contributed by atoms with Gasteiger partial charge in [0.1, 0.15) is 0 Å². The lowest BCUT2D eigenvalue weighted by atomic mass is 10.0. The minimum absolute atomic E-state index is 0.0615. The van der Waals surface area contributed by atoms with E-state index in [2.05, 4.69) is 35.3 Å². The Balaban J connectivity index is 2.43. The summed E-state index contributed by atoms with van der Waals surface area (Å²) < 4.78 is 0. The van der Waals surface area contributed by atoms with Crippen molar-refractivity contribution >= 4 is 10.9 Å². The van der Waals surface area contributed by atoms with Crippen molar-refractivity contribution in [3.8, 4) is 12.3 Å². The molecule has 1 heterocycles. The fraction of sp³-hybridized carbons (Fsp3) is 0.267. The lowest BCUT2D eigenvalue weighted by molar-refractivity contribution is 0.629. The molecule has 0 saturated carbocycles. The molecule has 1 aromatic heterocycles. The molecular formula is C15H16N2. The van der Waals surface area contributed by atoms with E-state index in [0.717, 1.165) is 29.4 Å². The summed E-state index contributed by atoms with van der Waals surface area (Å²) in [6.45, 7) is 3.04. The zero-order chi connectivity index (χ0) is 12.1. The zero-order valence-corrected chi connectivity index (χ0v) is 9.98. The Morgan fingerprint density at radius 2 is 2.18 bits per heavy atom. The smallest absolute Gasteiger partial charge is 0.0964 e. The van der Waals surface area contributed by atoms with Gasteiger partial charge in [-0.25, -0.2) is 0 Å². The van der Waals surface area contributed by atoms with E-state index in [1.807, 2.05) is 18.2 Å². The van der Waals surface area contributed by atoms with E-state index in [9.17, 15) is 0 Å². The molecule has 17 heavy (non-hydrogen) atoms. The summed E-state index contributed by atoms with van der Waals surface area (Å²) in [5.74, 6) is 2.79. The minimum atomic E-state index is -0.0615. The zero-order valence-electron chi connectivity index (χ0n) is 9.98. The molecule has 2 aromatic rings. The molecule has 0 amide bonds. The van der Waals surface area contributed by atoms with E-state index >= 15 is 0 Å². The second-order valence-corrected chi connectivity index (χ2v) is 3.98. The van der Waals surface area contributed by atoms with E-state index in [0.29, 0.717) is 0 Å². The molecule has 1 unspecified atom stereocenters. The van der Waals surface area contributed by atoms with E-state index < -0.39 is 0 Å². The highest BCUT2D eigenvalue weighted by Gasteiger charge is 2.10. The van der Waals surface area contributed by atoms with Gasteiger partial charge in [0.15, 0.2) is 0 Å². The van der Waals surface area contributed by atoms with Crippen LogP contribution in [0.4, 0.5) is 0 Å². The van der Waals surface area contributed by atoms with Crippen molar-refractivity contribution in [2.24, 2.45) is 0 Å². The first-order valence-corrected chi connectivity index (χ1v) is 5.90. The van der Waals surface area contributed by atoms with Gasteiger partial charge < -0.3 is 0 Å². The van der Waals surface area contributed by atoms with Gasteiger partial charge in [0.05, 0.1) is 11.6 Å². The molecule has 0 spiro atoms. The SMILES string of the molecule is C#CC(NCCC)c1cccc2cccnc12. The van der Waals surface area contributed by atoms with Crippen LogP contribution in [-0.2, 0) is 0 Å². The van der Waals surface area contributed by atoms with Crippen LogP contribution in [0.5, 0.6) is 0 Å². The van der Waals surface area contributed by atoms with Gasteiger partial charge in [-0.05, 0) is 19.0 Å². The van der Waals surface area contributed by atoms with Crippen LogP contribution < -0.4 is 5.32 Å². The third-order valence-electron chi connectivity index (χ3n) is 2.74. The highest BCUT2D eigenvalue weighted by atomic mass is 14.9. The average molecular weight is 224 g/mol. The summed E-state index contributed by atoms with van der Waals surface area (Å²) in [6, 6.07) is 10.1. The maximum atomic E-state index is 5.60. The summed E-state index contributed by atoms with van der Waals surface area (Å²) in [4.78, 5) is 4.42. The third-order valence-corrected chi connectivity index (χ3v) is 2.74. The van der Waals surface area contributed by atoms with E-state index in [1.165, 1.54) is 0 Å². The summed E-state index contributed by atoms with van der Waals surface area (Å²) in [5.41, 5.74) is 2.07. The summed E-state index contributed by atoms with van der Waals surface area (Å²) >= 11 is 0. The van der Waals surface area contributed by atoms with E-state index in [1.54, 1.807) is 6.20 Å². The highest BCUT2D eigenvalue weighted by Crippen LogP contribution is 2.21. The van der Waals surface area contributed by atoms with Gasteiger partial charge in [-0.15, -0.1) is 6.42 Å². The van der Waals surface area contributed by atoms with Crippen LogP contribution in [-0.4, -0.2) is 11.5 Å². The number of nitrogens with one attached hydrogen (secondary N) is 1. The first kappa shape index (κ1) is 11.6. The molecule has 1 atom stereocenters. The number of hydrogen-bond acceptors (Lipinski definition) is 2.